The van der Waals surface area contributed by atoms with Crippen LogP contribution in [-0.2, 0) is 16.1 Å². The van der Waals surface area contributed by atoms with Crippen LogP contribution in [0.5, 0.6) is 5.75 Å². The molecule has 3 amide bonds. The molecule has 9 nitrogen and oxygen atoms in total. The molecule has 2 heterocycles. The lowest BCUT2D eigenvalue weighted by Crippen LogP contribution is -2.40. The summed E-state index contributed by atoms with van der Waals surface area (Å²) in [5.41, 5.74) is 0.701. The fourth-order valence-electron chi connectivity index (χ4n) is 3.87. The SMILES string of the molecule is CCC(=O)NC(=O)C(CN1Cc2ccc(OC)cc2C1=O)c1cc2cc(C(=O)O)c(F)cc2o1. The minimum absolute atomic E-state index is 0.0397. The van der Waals surface area contributed by atoms with Gasteiger partial charge >= 0.3 is 5.97 Å². The molecular weight excluding hydrogens is 447 g/mol. The van der Waals surface area contributed by atoms with E-state index in [2.05, 4.69) is 5.32 Å². The van der Waals surface area contributed by atoms with Crippen LogP contribution < -0.4 is 10.1 Å². The van der Waals surface area contributed by atoms with Crippen molar-refractivity contribution >= 4 is 34.7 Å². The second kappa shape index (κ2) is 8.97. The van der Waals surface area contributed by atoms with E-state index in [9.17, 15) is 28.7 Å². The van der Waals surface area contributed by atoms with Gasteiger partial charge in [-0.2, -0.15) is 0 Å². The average Bonchev–Trinajstić information content (AvgIpc) is 3.36. The Bertz CT molecular complexity index is 1330. The number of ether oxygens (including phenoxy) is 1. The highest BCUT2D eigenvalue weighted by molar-refractivity contribution is 6.01. The second-order valence-corrected chi connectivity index (χ2v) is 7.85. The Balaban J connectivity index is 1.69. The van der Waals surface area contributed by atoms with Gasteiger partial charge in [-0.05, 0) is 29.8 Å². The normalized spacial score (nSPS) is 13.6. The molecule has 34 heavy (non-hydrogen) atoms. The van der Waals surface area contributed by atoms with Crippen molar-refractivity contribution in [3.63, 3.8) is 0 Å². The molecule has 0 bridgehead atoms. The van der Waals surface area contributed by atoms with E-state index in [1.54, 1.807) is 25.1 Å². The number of aromatic carboxylic acids is 1. The van der Waals surface area contributed by atoms with E-state index in [0.717, 1.165) is 17.7 Å². The molecule has 10 heteroatoms. The molecule has 4 rings (SSSR count). The number of carbonyl (C=O) groups excluding carboxylic acids is 3. The molecule has 1 aliphatic heterocycles. The van der Waals surface area contributed by atoms with Gasteiger partial charge in [0, 0.05) is 36.5 Å². The van der Waals surface area contributed by atoms with E-state index in [-0.39, 0.29) is 42.1 Å². The van der Waals surface area contributed by atoms with Gasteiger partial charge < -0.3 is 19.2 Å². The van der Waals surface area contributed by atoms with Crippen LogP contribution in [0.4, 0.5) is 4.39 Å². The van der Waals surface area contributed by atoms with Crippen molar-refractivity contribution in [2.24, 2.45) is 0 Å². The molecule has 1 unspecified atom stereocenters. The van der Waals surface area contributed by atoms with Crippen molar-refractivity contribution in [2.75, 3.05) is 13.7 Å². The van der Waals surface area contributed by atoms with Gasteiger partial charge in [0.2, 0.25) is 11.8 Å². The minimum atomic E-state index is -1.44. The zero-order valence-corrected chi connectivity index (χ0v) is 18.4. The van der Waals surface area contributed by atoms with Crippen LogP contribution in [0.15, 0.2) is 40.8 Å². The summed E-state index contributed by atoms with van der Waals surface area (Å²) in [5, 5.41) is 11.7. The molecule has 176 valence electrons. The maximum absolute atomic E-state index is 14.1. The third kappa shape index (κ3) is 4.21. The quantitative estimate of drug-likeness (QED) is 0.546. The summed E-state index contributed by atoms with van der Waals surface area (Å²) in [6, 6.07) is 8.56. The lowest BCUT2D eigenvalue weighted by molar-refractivity contribution is -0.131. The Morgan fingerprint density at radius 3 is 2.68 bits per heavy atom. The number of halogens is 1. The van der Waals surface area contributed by atoms with E-state index < -0.39 is 35.1 Å². The van der Waals surface area contributed by atoms with E-state index in [0.29, 0.717) is 11.3 Å². The topological polar surface area (TPSA) is 126 Å². The molecule has 0 radical (unpaired) electrons. The molecule has 1 aromatic heterocycles. The molecule has 2 aromatic carbocycles. The Morgan fingerprint density at radius 1 is 1.24 bits per heavy atom. The van der Waals surface area contributed by atoms with Crippen LogP contribution in [0.2, 0.25) is 0 Å². The number of nitrogens with zero attached hydrogens (tertiary/aromatic N) is 1. The number of carbonyl (C=O) groups is 4. The van der Waals surface area contributed by atoms with Crippen molar-refractivity contribution < 1.29 is 37.8 Å². The van der Waals surface area contributed by atoms with Crippen LogP contribution >= 0.6 is 0 Å². The van der Waals surface area contributed by atoms with Gasteiger partial charge in [-0.3, -0.25) is 19.7 Å². The Labute approximate surface area is 193 Å². The Hall–Kier alpha value is -4.21. The molecule has 2 N–H and O–H groups in total. The fourth-order valence-corrected chi connectivity index (χ4v) is 3.87. The van der Waals surface area contributed by atoms with Crippen LogP contribution in [-0.4, -0.2) is 47.4 Å². The summed E-state index contributed by atoms with van der Waals surface area (Å²) in [6.07, 6.45) is 0.0691. The zero-order valence-electron chi connectivity index (χ0n) is 18.4. The molecule has 0 spiro atoms. The van der Waals surface area contributed by atoms with Crippen molar-refractivity contribution in [3.05, 3.63) is 64.7 Å². The number of fused-ring (bicyclic) bond motifs is 2. The van der Waals surface area contributed by atoms with E-state index >= 15 is 0 Å². The highest BCUT2D eigenvalue weighted by atomic mass is 19.1. The molecule has 0 saturated carbocycles. The van der Waals surface area contributed by atoms with Crippen molar-refractivity contribution in [2.45, 2.75) is 25.8 Å². The first-order valence-electron chi connectivity index (χ1n) is 10.5. The summed E-state index contributed by atoms with van der Waals surface area (Å²) in [4.78, 5) is 50.6. The molecular formula is C24H21FN2O7. The summed E-state index contributed by atoms with van der Waals surface area (Å²) in [6.45, 7) is 1.71. The summed E-state index contributed by atoms with van der Waals surface area (Å²) in [7, 11) is 1.49. The van der Waals surface area contributed by atoms with Gasteiger partial charge in [-0.25, -0.2) is 9.18 Å². The van der Waals surface area contributed by atoms with Crippen LogP contribution in [0.1, 0.15) is 51.3 Å². The lowest BCUT2D eigenvalue weighted by atomic mass is 10.0. The minimum Gasteiger partial charge on any atom is -0.497 e. The molecule has 1 aliphatic rings. The summed E-state index contributed by atoms with van der Waals surface area (Å²) >= 11 is 0. The van der Waals surface area contributed by atoms with Gasteiger partial charge in [-0.15, -0.1) is 0 Å². The maximum atomic E-state index is 14.1. The lowest BCUT2D eigenvalue weighted by Gasteiger charge is -2.21. The van der Waals surface area contributed by atoms with Crippen LogP contribution in [0.25, 0.3) is 11.0 Å². The van der Waals surface area contributed by atoms with Crippen molar-refractivity contribution in [1.82, 2.24) is 10.2 Å². The fraction of sp³-hybridized carbons (Fsp3) is 0.250. The van der Waals surface area contributed by atoms with Gasteiger partial charge in [0.25, 0.3) is 5.91 Å². The maximum Gasteiger partial charge on any atom is 0.338 e. The zero-order chi connectivity index (χ0) is 24.6. The predicted molar refractivity (Wildman–Crippen MR) is 117 cm³/mol. The number of carboxylic acids is 1. The van der Waals surface area contributed by atoms with Gasteiger partial charge in [0.15, 0.2) is 0 Å². The third-order valence-corrected chi connectivity index (χ3v) is 5.70. The number of hydrogen-bond acceptors (Lipinski definition) is 6. The number of rotatable bonds is 7. The highest BCUT2D eigenvalue weighted by Crippen LogP contribution is 2.32. The van der Waals surface area contributed by atoms with E-state index in [1.807, 2.05) is 0 Å². The van der Waals surface area contributed by atoms with Crippen molar-refractivity contribution in [1.29, 1.82) is 0 Å². The highest BCUT2D eigenvalue weighted by Gasteiger charge is 2.34. The number of carboxylic acid groups (broad SMARTS) is 1. The Kier molecular flexibility index (Phi) is 6.06. The number of amides is 3. The van der Waals surface area contributed by atoms with Gasteiger partial charge in [-0.1, -0.05) is 13.0 Å². The second-order valence-electron chi connectivity index (χ2n) is 7.85. The molecule has 1 atom stereocenters. The van der Waals surface area contributed by atoms with Crippen LogP contribution in [0, 0.1) is 5.82 Å². The smallest absolute Gasteiger partial charge is 0.338 e. The number of benzene rings is 2. The molecule has 0 saturated heterocycles. The molecule has 0 aliphatic carbocycles. The molecule has 0 fully saturated rings. The van der Waals surface area contributed by atoms with Gasteiger partial charge in [0.1, 0.15) is 28.8 Å². The first-order chi connectivity index (χ1) is 16.2. The first-order valence-corrected chi connectivity index (χ1v) is 10.5. The average molecular weight is 468 g/mol. The van der Waals surface area contributed by atoms with E-state index in [4.69, 9.17) is 9.15 Å². The summed E-state index contributed by atoms with van der Waals surface area (Å²) < 4.78 is 25.0. The molecule has 3 aromatic rings. The van der Waals surface area contributed by atoms with Crippen LogP contribution in [0.3, 0.4) is 0 Å². The summed E-state index contributed by atoms with van der Waals surface area (Å²) in [5.74, 6) is -4.45. The first kappa shape index (κ1) is 23.0. The number of furan rings is 1. The van der Waals surface area contributed by atoms with Crippen molar-refractivity contribution in [3.8, 4) is 5.75 Å². The predicted octanol–water partition coefficient (Wildman–Crippen LogP) is 3.07. The van der Waals surface area contributed by atoms with E-state index in [1.165, 1.54) is 18.1 Å². The number of methoxy groups -OCH3 is 1. The number of hydrogen-bond donors (Lipinski definition) is 2. The van der Waals surface area contributed by atoms with Gasteiger partial charge in [0.05, 0.1) is 12.7 Å². The standard InChI is InChI=1S/C24H21FN2O7/c1-3-21(28)26-22(29)17(11-27-10-12-4-5-14(33-2)8-15(12)23(27)30)20-7-13-6-16(24(31)32)18(25)9-19(13)34-20/h4-9,17H,3,10-11H2,1-2H3,(H,31,32)(H,26,28,29). The largest absolute Gasteiger partial charge is 0.497 e. The third-order valence-electron chi connectivity index (χ3n) is 5.70. The monoisotopic (exact) mass is 468 g/mol. The Morgan fingerprint density at radius 2 is 2.00 bits per heavy atom. The number of nitrogens with one attached hydrogen (secondary N) is 1. The number of imide groups is 1.